The number of rotatable bonds is 6. The lowest BCUT2D eigenvalue weighted by Gasteiger charge is -2.08. The monoisotopic (exact) mass is 353 g/mol. The molecule has 0 aliphatic heterocycles. The molecule has 0 saturated carbocycles. The van der Waals surface area contributed by atoms with Crippen LogP contribution in [-0.2, 0) is 6.42 Å². The maximum absolute atomic E-state index is 5.70. The third-order valence-corrected chi connectivity index (χ3v) is 3.72. The van der Waals surface area contributed by atoms with Gasteiger partial charge in [0.1, 0.15) is 12.4 Å². The van der Waals surface area contributed by atoms with Gasteiger partial charge in [0.25, 0.3) is 0 Å². The van der Waals surface area contributed by atoms with E-state index in [4.69, 9.17) is 10.5 Å². The fourth-order valence-electron chi connectivity index (χ4n) is 2.56. The smallest absolute Gasteiger partial charge is 0.119 e. The molecule has 4 heteroatoms. The molecule has 2 N–H and O–H groups in total. The molecule has 3 rings (SSSR count). The lowest BCUT2D eigenvalue weighted by molar-refractivity contribution is 0.296. The predicted octanol–water partition coefficient (Wildman–Crippen LogP) is 5.10. The minimum absolute atomic E-state index is 0.0328. The predicted molar refractivity (Wildman–Crippen MR) is 110 cm³/mol. The number of hydrogen-bond acceptors (Lipinski definition) is 3. The lowest BCUT2D eigenvalue weighted by Crippen LogP contribution is -2.23. The van der Waals surface area contributed by atoms with Gasteiger partial charge in [0, 0.05) is 17.8 Å². The Morgan fingerprint density at radius 3 is 2.38 bits per heavy atom. The summed E-state index contributed by atoms with van der Waals surface area (Å²) in [7, 11) is 0. The topological polar surface area (TPSA) is 52.5 Å². The van der Waals surface area contributed by atoms with E-state index < -0.39 is 0 Å². The number of pyridine rings is 1. The molecule has 26 heavy (non-hydrogen) atoms. The molecule has 1 atom stereocenters. The third-order valence-electron chi connectivity index (χ3n) is 3.72. The van der Waals surface area contributed by atoms with E-state index in [1.807, 2.05) is 35.7 Å². The van der Waals surface area contributed by atoms with Crippen LogP contribution in [0.2, 0.25) is 0 Å². The molecule has 0 radical (unpaired) electrons. The molecule has 2 aromatic heterocycles. The highest BCUT2D eigenvalue weighted by Gasteiger charge is 2.06. The van der Waals surface area contributed by atoms with Crippen molar-refractivity contribution in [2.45, 2.75) is 53.0 Å². The zero-order chi connectivity index (χ0) is 18.9. The summed E-state index contributed by atoms with van der Waals surface area (Å²) in [5.74, 6) is 0.833. The maximum atomic E-state index is 5.70. The standard InChI is InChI=1S/C19H23N3O.C3H8/c1-3-4-15-5-8-17-11-19(21-22(17)12-15)16-6-9-18(10-7-16)23-13-14(2)20;1-3-2/h5-12,14H,3-4,13,20H2,1-2H3;3H2,1-2H3/t14-;/m0./s1. The normalized spacial score (nSPS) is 11.7. The summed E-state index contributed by atoms with van der Waals surface area (Å²) >= 11 is 0. The first kappa shape index (κ1) is 20.0. The minimum Gasteiger partial charge on any atom is -0.492 e. The number of aromatic nitrogens is 2. The van der Waals surface area contributed by atoms with Gasteiger partial charge in [0.15, 0.2) is 0 Å². The van der Waals surface area contributed by atoms with E-state index in [2.05, 4.69) is 50.3 Å². The number of ether oxygens (including phenoxy) is 1. The third kappa shape index (κ3) is 5.60. The first-order valence-electron chi connectivity index (χ1n) is 9.54. The second-order valence-corrected chi connectivity index (χ2v) is 6.71. The van der Waals surface area contributed by atoms with Crippen molar-refractivity contribution in [3.8, 4) is 17.0 Å². The molecule has 0 aliphatic carbocycles. The van der Waals surface area contributed by atoms with Gasteiger partial charge in [-0.2, -0.15) is 5.10 Å². The quantitative estimate of drug-likeness (QED) is 0.671. The minimum atomic E-state index is 0.0328. The van der Waals surface area contributed by atoms with E-state index in [1.54, 1.807) is 0 Å². The van der Waals surface area contributed by atoms with Gasteiger partial charge in [0.05, 0.1) is 11.2 Å². The van der Waals surface area contributed by atoms with Crippen LogP contribution in [0.5, 0.6) is 5.75 Å². The molecule has 2 heterocycles. The summed E-state index contributed by atoms with van der Waals surface area (Å²) in [5.41, 5.74) is 10.2. The van der Waals surface area contributed by atoms with Gasteiger partial charge in [-0.05, 0) is 55.3 Å². The summed E-state index contributed by atoms with van der Waals surface area (Å²) in [4.78, 5) is 0. The first-order chi connectivity index (χ1) is 12.6. The Balaban J connectivity index is 0.000000758. The van der Waals surface area contributed by atoms with Gasteiger partial charge >= 0.3 is 0 Å². The maximum Gasteiger partial charge on any atom is 0.119 e. The van der Waals surface area contributed by atoms with Crippen LogP contribution in [0.3, 0.4) is 0 Å². The van der Waals surface area contributed by atoms with Gasteiger partial charge in [-0.1, -0.05) is 39.7 Å². The highest BCUT2D eigenvalue weighted by atomic mass is 16.5. The van der Waals surface area contributed by atoms with Crippen molar-refractivity contribution in [1.82, 2.24) is 9.61 Å². The van der Waals surface area contributed by atoms with E-state index in [0.29, 0.717) is 6.61 Å². The number of hydrogen-bond donors (Lipinski definition) is 1. The van der Waals surface area contributed by atoms with Crippen molar-refractivity contribution in [2.75, 3.05) is 6.61 Å². The van der Waals surface area contributed by atoms with Gasteiger partial charge in [-0.3, -0.25) is 0 Å². The van der Waals surface area contributed by atoms with Crippen LogP contribution >= 0.6 is 0 Å². The van der Waals surface area contributed by atoms with Gasteiger partial charge in [-0.15, -0.1) is 0 Å². The highest BCUT2D eigenvalue weighted by molar-refractivity contribution is 5.66. The zero-order valence-corrected chi connectivity index (χ0v) is 16.4. The molecule has 0 unspecified atom stereocenters. The molecular formula is C22H31N3O. The van der Waals surface area contributed by atoms with Crippen LogP contribution in [0, 0.1) is 0 Å². The van der Waals surface area contributed by atoms with Crippen molar-refractivity contribution in [1.29, 1.82) is 0 Å². The fraction of sp³-hybridized carbons (Fsp3) is 0.409. The molecule has 3 aromatic rings. The fourth-order valence-corrected chi connectivity index (χ4v) is 2.56. The summed E-state index contributed by atoms with van der Waals surface area (Å²) in [6.07, 6.45) is 5.59. The Morgan fingerprint density at radius 1 is 1.08 bits per heavy atom. The summed E-state index contributed by atoms with van der Waals surface area (Å²) < 4.78 is 7.57. The average Bonchev–Trinajstić information content (AvgIpc) is 3.05. The van der Waals surface area contributed by atoms with E-state index in [9.17, 15) is 0 Å². The van der Waals surface area contributed by atoms with Crippen molar-refractivity contribution in [3.63, 3.8) is 0 Å². The Morgan fingerprint density at radius 2 is 1.77 bits per heavy atom. The van der Waals surface area contributed by atoms with Crippen LogP contribution in [0.15, 0.2) is 48.7 Å². The zero-order valence-electron chi connectivity index (χ0n) is 16.4. The largest absolute Gasteiger partial charge is 0.492 e. The average molecular weight is 354 g/mol. The Bertz CT molecular complexity index is 791. The Labute approximate surface area is 157 Å². The summed E-state index contributed by atoms with van der Waals surface area (Å²) in [6.45, 7) is 8.89. The van der Waals surface area contributed by atoms with Gasteiger partial charge in [-0.25, -0.2) is 4.52 Å². The number of nitrogens with zero attached hydrogens (tertiary/aromatic N) is 2. The molecule has 1 aromatic carbocycles. The summed E-state index contributed by atoms with van der Waals surface area (Å²) in [6, 6.07) is 14.4. The van der Waals surface area contributed by atoms with Crippen molar-refractivity contribution < 1.29 is 4.74 Å². The molecule has 140 valence electrons. The van der Waals surface area contributed by atoms with Crippen molar-refractivity contribution in [2.24, 2.45) is 5.73 Å². The van der Waals surface area contributed by atoms with Crippen LogP contribution < -0.4 is 10.5 Å². The summed E-state index contributed by atoms with van der Waals surface area (Å²) in [5, 5.41) is 4.69. The van der Waals surface area contributed by atoms with Crippen LogP contribution in [0.1, 0.15) is 46.1 Å². The second-order valence-electron chi connectivity index (χ2n) is 6.71. The molecule has 0 spiro atoms. The molecule has 0 amide bonds. The van der Waals surface area contributed by atoms with E-state index in [1.165, 1.54) is 12.0 Å². The molecule has 4 nitrogen and oxygen atoms in total. The van der Waals surface area contributed by atoms with Crippen molar-refractivity contribution >= 4 is 5.52 Å². The van der Waals surface area contributed by atoms with Crippen LogP contribution in [-0.4, -0.2) is 22.3 Å². The van der Waals surface area contributed by atoms with Crippen molar-refractivity contribution in [3.05, 3.63) is 54.2 Å². The Kier molecular flexibility index (Phi) is 7.67. The van der Waals surface area contributed by atoms with Crippen LogP contribution in [0.4, 0.5) is 0 Å². The molecule has 0 fully saturated rings. The Hall–Kier alpha value is -2.33. The number of benzene rings is 1. The number of aryl methyl sites for hydroxylation is 1. The molecular weight excluding hydrogens is 322 g/mol. The number of nitrogens with two attached hydrogens (primary N) is 1. The highest BCUT2D eigenvalue weighted by Crippen LogP contribution is 2.23. The van der Waals surface area contributed by atoms with E-state index in [-0.39, 0.29) is 6.04 Å². The first-order valence-corrected chi connectivity index (χ1v) is 9.54. The second kappa shape index (κ2) is 9.97. The lowest BCUT2D eigenvalue weighted by atomic mass is 10.1. The molecule has 0 saturated heterocycles. The van der Waals surface area contributed by atoms with Gasteiger partial charge < -0.3 is 10.5 Å². The van der Waals surface area contributed by atoms with E-state index in [0.717, 1.165) is 35.4 Å². The molecule has 0 aliphatic rings. The van der Waals surface area contributed by atoms with Gasteiger partial charge in [0.2, 0.25) is 0 Å². The number of fused-ring (bicyclic) bond motifs is 1. The molecule has 0 bridgehead atoms. The van der Waals surface area contributed by atoms with E-state index >= 15 is 0 Å². The SMILES string of the molecule is CCC.CCCc1ccc2cc(-c3ccc(OC[C@H](C)N)cc3)nn2c1. The van der Waals surface area contributed by atoms with Crippen LogP contribution in [0.25, 0.3) is 16.8 Å².